The highest BCUT2D eigenvalue weighted by Gasteiger charge is 2.11. The lowest BCUT2D eigenvalue weighted by Crippen LogP contribution is -1.98. The van der Waals surface area contributed by atoms with Crippen molar-refractivity contribution in [2.45, 2.75) is 13.5 Å². The summed E-state index contributed by atoms with van der Waals surface area (Å²) in [6.45, 7) is 2.72. The third-order valence-electron chi connectivity index (χ3n) is 3.41. The molecule has 0 saturated carbocycles. The zero-order chi connectivity index (χ0) is 14.8. The molecule has 0 aliphatic rings. The number of nitrogens with zero attached hydrogens (tertiary/aromatic N) is 4. The lowest BCUT2D eigenvalue weighted by molar-refractivity contribution is 0.415. The van der Waals surface area contributed by atoms with Gasteiger partial charge in [0.05, 0.1) is 30.0 Å². The fourth-order valence-corrected chi connectivity index (χ4v) is 2.28. The number of methoxy groups -OCH3 is 1. The molecule has 0 N–H and O–H groups in total. The molecule has 21 heavy (non-hydrogen) atoms. The molecule has 0 aliphatic heterocycles. The smallest absolute Gasteiger partial charge is 0.159 e. The van der Waals surface area contributed by atoms with Gasteiger partial charge in [-0.05, 0) is 37.3 Å². The molecular weight excluding hydrogens is 264 g/mol. The van der Waals surface area contributed by atoms with Crippen LogP contribution >= 0.6 is 0 Å². The van der Waals surface area contributed by atoms with Crippen molar-refractivity contribution in [1.29, 1.82) is 5.26 Å². The van der Waals surface area contributed by atoms with E-state index in [1.807, 2.05) is 31.2 Å². The standard InChI is InChI=1S/C16H14N4O/c1-3-20-16-14(10-18-20)12(9-17)8-15(19-16)11-4-6-13(21-2)7-5-11/h4-8,10H,3H2,1-2H3. The van der Waals surface area contributed by atoms with E-state index in [0.29, 0.717) is 12.1 Å². The second-order valence-electron chi connectivity index (χ2n) is 4.59. The first-order chi connectivity index (χ1) is 10.3. The van der Waals surface area contributed by atoms with Crippen molar-refractivity contribution in [3.8, 4) is 23.1 Å². The molecule has 3 rings (SSSR count). The quantitative estimate of drug-likeness (QED) is 0.738. The van der Waals surface area contributed by atoms with Crippen LogP contribution in [-0.4, -0.2) is 21.9 Å². The van der Waals surface area contributed by atoms with Gasteiger partial charge in [-0.3, -0.25) is 0 Å². The zero-order valence-electron chi connectivity index (χ0n) is 11.9. The molecule has 0 bridgehead atoms. The normalized spacial score (nSPS) is 10.5. The first-order valence-electron chi connectivity index (χ1n) is 6.68. The van der Waals surface area contributed by atoms with Crippen molar-refractivity contribution >= 4 is 11.0 Å². The summed E-state index contributed by atoms with van der Waals surface area (Å²) in [5, 5.41) is 14.4. The van der Waals surface area contributed by atoms with Crippen LogP contribution in [0.2, 0.25) is 0 Å². The Kier molecular flexibility index (Phi) is 3.28. The van der Waals surface area contributed by atoms with E-state index in [1.54, 1.807) is 24.1 Å². The van der Waals surface area contributed by atoms with Crippen LogP contribution in [0, 0.1) is 11.3 Å². The second kappa shape index (κ2) is 5.25. The van der Waals surface area contributed by atoms with Crippen LogP contribution in [0.4, 0.5) is 0 Å². The number of hydrogen-bond acceptors (Lipinski definition) is 4. The summed E-state index contributed by atoms with van der Waals surface area (Å²) in [4.78, 5) is 4.65. The van der Waals surface area contributed by atoms with E-state index >= 15 is 0 Å². The SMILES string of the molecule is CCn1ncc2c(C#N)cc(-c3ccc(OC)cc3)nc21. The number of rotatable bonds is 3. The summed E-state index contributed by atoms with van der Waals surface area (Å²) in [5.74, 6) is 0.791. The Morgan fingerprint density at radius 3 is 2.67 bits per heavy atom. The molecule has 1 aromatic carbocycles. The number of aromatic nitrogens is 3. The van der Waals surface area contributed by atoms with E-state index < -0.39 is 0 Å². The van der Waals surface area contributed by atoms with E-state index in [9.17, 15) is 5.26 Å². The fraction of sp³-hybridized carbons (Fsp3) is 0.188. The summed E-state index contributed by atoms with van der Waals surface area (Å²) in [5.41, 5.74) is 3.03. The Labute approximate surface area is 122 Å². The summed E-state index contributed by atoms with van der Waals surface area (Å²) in [7, 11) is 1.63. The maximum Gasteiger partial charge on any atom is 0.159 e. The number of aryl methyl sites for hydroxylation is 1. The summed E-state index contributed by atoms with van der Waals surface area (Å²) < 4.78 is 6.95. The molecule has 5 nitrogen and oxygen atoms in total. The van der Waals surface area contributed by atoms with Gasteiger partial charge in [0.25, 0.3) is 0 Å². The molecule has 0 amide bonds. The Balaban J connectivity index is 2.20. The van der Waals surface area contributed by atoms with Gasteiger partial charge < -0.3 is 4.74 Å². The Bertz CT molecular complexity index is 828. The molecule has 104 valence electrons. The van der Waals surface area contributed by atoms with Gasteiger partial charge in [-0.25, -0.2) is 9.67 Å². The molecule has 0 spiro atoms. The maximum absolute atomic E-state index is 9.34. The van der Waals surface area contributed by atoms with Gasteiger partial charge in [0.15, 0.2) is 5.65 Å². The lowest BCUT2D eigenvalue weighted by Gasteiger charge is -2.05. The van der Waals surface area contributed by atoms with Gasteiger partial charge in [0.1, 0.15) is 11.8 Å². The second-order valence-corrected chi connectivity index (χ2v) is 4.59. The van der Waals surface area contributed by atoms with Crippen LogP contribution in [0.25, 0.3) is 22.3 Å². The number of hydrogen-bond donors (Lipinski definition) is 0. The molecule has 0 fully saturated rings. The van der Waals surface area contributed by atoms with Crippen LogP contribution < -0.4 is 4.74 Å². The van der Waals surface area contributed by atoms with Crippen molar-refractivity contribution in [3.05, 3.63) is 42.1 Å². The zero-order valence-corrected chi connectivity index (χ0v) is 11.9. The van der Waals surface area contributed by atoms with E-state index in [-0.39, 0.29) is 0 Å². The van der Waals surface area contributed by atoms with Crippen LogP contribution in [0.15, 0.2) is 36.5 Å². The van der Waals surface area contributed by atoms with Crippen LogP contribution in [0.1, 0.15) is 12.5 Å². The van der Waals surface area contributed by atoms with E-state index in [4.69, 9.17) is 4.74 Å². The number of nitriles is 1. The van der Waals surface area contributed by atoms with Gasteiger partial charge in [-0.1, -0.05) is 0 Å². The summed E-state index contributed by atoms with van der Waals surface area (Å²) >= 11 is 0. The van der Waals surface area contributed by atoms with Gasteiger partial charge in [0, 0.05) is 12.1 Å². The minimum absolute atomic E-state index is 0.588. The highest BCUT2D eigenvalue weighted by molar-refractivity contribution is 5.84. The third kappa shape index (κ3) is 2.21. The summed E-state index contributed by atoms with van der Waals surface area (Å²) in [6, 6.07) is 11.6. The monoisotopic (exact) mass is 278 g/mol. The Morgan fingerprint density at radius 1 is 1.29 bits per heavy atom. The molecule has 2 aromatic heterocycles. The molecule has 2 heterocycles. The average molecular weight is 278 g/mol. The molecule has 3 aromatic rings. The van der Waals surface area contributed by atoms with Crippen molar-refractivity contribution in [2.24, 2.45) is 0 Å². The molecule has 0 saturated heterocycles. The van der Waals surface area contributed by atoms with Gasteiger partial charge >= 0.3 is 0 Å². The predicted octanol–water partition coefficient (Wildman–Crippen LogP) is 3.00. The van der Waals surface area contributed by atoms with Gasteiger partial charge in [0.2, 0.25) is 0 Å². The molecule has 0 aliphatic carbocycles. The molecule has 0 atom stereocenters. The van der Waals surface area contributed by atoms with Crippen molar-refractivity contribution in [1.82, 2.24) is 14.8 Å². The van der Waals surface area contributed by atoms with E-state index in [1.165, 1.54) is 0 Å². The predicted molar refractivity (Wildman–Crippen MR) is 79.9 cm³/mol. The van der Waals surface area contributed by atoms with Crippen LogP contribution in [0.3, 0.4) is 0 Å². The van der Waals surface area contributed by atoms with Crippen LogP contribution in [-0.2, 0) is 6.54 Å². The third-order valence-corrected chi connectivity index (χ3v) is 3.41. The lowest BCUT2D eigenvalue weighted by atomic mass is 10.1. The first kappa shape index (κ1) is 13.1. The first-order valence-corrected chi connectivity index (χ1v) is 6.68. The molecule has 0 radical (unpaired) electrons. The fourth-order valence-electron chi connectivity index (χ4n) is 2.28. The van der Waals surface area contributed by atoms with Crippen molar-refractivity contribution < 1.29 is 4.74 Å². The number of benzene rings is 1. The number of ether oxygens (including phenoxy) is 1. The minimum atomic E-state index is 0.588. The number of fused-ring (bicyclic) bond motifs is 1. The van der Waals surface area contributed by atoms with Crippen molar-refractivity contribution in [2.75, 3.05) is 7.11 Å². The minimum Gasteiger partial charge on any atom is -0.497 e. The van der Waals surface area contributed by atoms with E-state index in [2.05, 4.69) is 16.2 Å². The Hall–Kier alpha value is -2.87. The van der Waals surface area contributed by atoms with Crippen molar-refractivity contribution in [3.63, 3.8) is 0 Å². The highest BCUT2D eigenvalue weighted by Crippen LogP contribution is 2.25. The van der Waals surface area contributed by atoms with Gasteiger partial charge in [-0.15, -0.1) is 0 Å². The molecule has 0 unspecified atom stereocenters. The molecule has 5 heteroatoms. The van der Waals surface area contributed by atoms with E-state index in [0.717, 1.165) is 28.0 Å². The Morgan fingerprint density at radius 2 is 2.05 bits per heavy atom. The largest absolute Gasteiger partial charge is 0.497 e. The average Bonchev–Trinajstić information content (AvgIpc) is 2.97. The highest BCUT2D eigenvalue weighted by atomic mass is 16.5. The molecular formula is C16H14N4O. The maximum atomic E-state index is 9.34. The topological polar surface area (TPSA) is 63.7 Å². The van der Waals surface area contributed by atoms with Gasteiger partial charge in [-0.2, -0.15) is 10.4 Å². The number of pyridine rings is 1. The summed E-state index contributed by atoms with van der Waals surface area (Å²) in [6.07, 6.45) is 1.70. The van der Waals surface area contributed by atoms with Crippen LogP contribution in [0.5, 0.6) is 5.75 Å².